The SMILES string of the molecule is CC(C)(C)c1ccccc1OC(O)COCCOCCOCCOCCOCCO. The Labute approximate surface area is 180 Å². The molecule has 0 saturated carbocycles. The highest BCUT2D eigenvalue weighted by Crippen LogP contribution is 2.31. The standard InChI is InChI=1S/C22H38O8/c1-22(2,3)19-6-4-5-7-20(19)30-21(24)18-29-17-16-28-15-14-27-13-12-26-11-10-25-9-8-23/h4-7,21,23-24H,8-18H2,1-3H3. The van der Waals surface area contributed by atoms with E-state index in [2.05, 4.69) is 20.8 Å². The number of para-hydroxylation sites is 1. The van der Waals surface area contributed by atoms with E-state index < -0.39 is 6.29 Å². The molecular formula is C22H38O8. The Morgan fingerprint density at radius 2 is 1.20 bits per heavy atom. The van der Waals surface area contributed by atoms with Gasteiger partial charge in [0.25, 0.3) is 0 Å². The van der Waals surface area contributed by atoms with Crippen LogP contribution in [0.2, 0.25) is 0 Å². The molecule has 1 aromatic rings. The van der Waals surface area contributed by atoms with Crippen LogP contribution < -0.4 is 4.74 Å². The van der Waals surface area contributed by atoms with Crippen LogP contribution >= 0.6 is 0 Å². The zero-order chi connectivity index (χ0) is 22.1. The maximum Gasteiger partial charge on any atom is 0.221 e. The summed E-state index contributed by atoms with van der Waals surface area (Å²) >= 11 is 0. The molecule has 0 aromatic heterocycles. The largest absolute Gasteiger partial charge is 0.462 e. The number of benzene rings is 1. The van der Waals surface area contributed by atoms with Gasteiger partial charge in [0, 0.05) is 0 Å². The minimum absolute atomic E-state index is 0.0223. The molecule has 1 unspecified atom stereocenters. The van der Waals surface area contributed by atoms with Crippen LogP contribution in [0.1, 0.15) is 26.3 Å². The third kappa shape index (κ3) is 13.1. The Morgan fingerprint density at radius 1 is 0.733 bits per heavy atom. The molecule has 0 aliphatic carbocycles. The van der Waals surface area contributed by atoms with E-state index in [1.54, 1.807) is 0 Å². The Bertz CT molecular complexity index is 532. The average molecular weight is 431 g/mol. The van der Waals surface area contributed by atoms with Crippen molar-refractivity contribution in [1.29, 1.82) is 0 Å². The quantitative estimate of drug-likeness (QED) is 0.269. The summed E-state index contributed by atoms with van der Waals surface area (Å²) in [7, 11) is 0. The fourth-order valence-electron chi connectivity index (χ4n) is 2.50. The van der Waals surface area contributed by atoms with E-state index in [1.807, 2.05) is 24.3 Å². The Hall–Kier alpha value is -1.26. The molecule has 1 atom stereocenters. The van der Waals surface area contributed by atoms with E-state index in [9.17, 15) is 5.11 Å². The molecule has 0 aliphatic rings. The van der Waals surface area contributed by atoms with E-state index in [4.69, 9.17) is 33.5 Å². The van der Waals surface area contributed by atoms with E-state index in [0.717, 1.165) is 5.56 Å². The van der Waals surface area contributed by atoms with Crippen LogP contribution in [0.15, 0.2) is 24.3 Å². The second kappa shape index (κ2) is 16.4. The van der Waals surface area contributed by atoms with Crippen LogP contribution in [0.3, 0.4) is 0 Å². The van der Waals surface area contributed by atoms with Crippen molar-refractivity contribution in [3.05, 3.63) is 29.8 Å². The number of aliphatic hydroxyl groups is 2. The van der Waals surface area contributed by atoms with E-state index in [0.29, 0.717) is 65.2 Å². The maximum atomic E-state index is 10.1. The Morgan fingerprint density at radius 3 is 1.70 bits per heavy atom. The summed E-state index contributed by atoms with van der Waals surface area (Å²) in [6, 6.07) is 7.69. The predicted molar refractivity (Wildman–Crippen MR) is 113 cm³/mol. The molecule has 0 amide bonds. The zero-order valence-corrected chi connectivity index (χ0v) is 18.5. The monoisotopic (exact) mass is 430 g/mol. The van der Waals surface area contributed by atoms with E-state index in [-0.39, 0.29) is 18.6 Å². The first-order valence-corrected chi connectivity index (χ1v) is 10.4. The van der Waals surface area contributed by atoms with Gasteiger partial charge in [0.2, 0.25) is 6.29 Å². The van der Waals surface area contributed by atoms with Gasteiger partial charge < -0.3 is 38.6 Å². The van der Waals surface area contributed by atoms with Gasteiger partial charge in [-0.1, -0.05) is 39.0 Å². The van der Waals surface area contributed by atoms with Crippen LogP contribution in [0.25, 0.3) is 0 Å². The summed E-state index contributed by atoms with van der Waals surface area (Å²) in [5.74, 6) is 0.663. The lowest BCUT2D eigenvalue weighted by Gasteiger charge is -2.24. The van der Waals surface area contributed by atoms with Crippen molar-refractivity contribution in [3.8, 4) is 5.75 Å². The van der Waals surface area contributed by atoms with Crippen LogP contribution in [0, 0.1) is 0 Å². The first-order valence-electron chi connectivity index (χ1n) is 10.4. The second-order valence-electron chi connectivity index (χ2n) is 7.57. The second-order valence-corrected chi connectivity index (χ2v) is 7.57. The molecule has 0 aliphatic heterocycles. The average Bonchev–Trinajstić information content (AvgIpc) is 2.70. The molecule has 2 N–H and O–H groups in total. The molecule has 0 bridgehead atoms. The van der Waals surface area contributed by atoms with Crippen molar-refractivity contribution in [1.82, 2.24) is 0 Å². The molecule has 8 heteroatoms. The zero-order valence-electron chi connectivity index (χ0n) is 18.5. The first kappa shape index (κ1) is 26.8. The van der Waals surface area contributed by atoms with Crippen molar-refractivity contribution in [3.63, 3.8) is 0 Å². The van der Waals surface area contributed by atoms with Crippen molar-refractivity contribution < 1.29 is 38.6 Å². The van der Waals surface area contributed by atoms with Crippen LogP contribution in [0.5, 0.6) is 5.75 Å². The Kier molecular flexibility index (Phi) is 14.7. The summed E-state index contributed by atoms with van der Waals surface area (Å²) in [6.45, 7) is 10.3. The van der Waals surface area contributed by atoms with Gasteiger partial charge >= 0.3 is 0 Å². The summed E-state index contributed by atoms with van der Waals surface area (Å²) in [5, 5.41) is 18.6. The lowest BCUT2D eigenvalue weighted by atomic mass is 9.86. The van der Waals surface area contributed by atoms with Crippen LogP contribution in [-0.2, 0) is 29.1 Å². The van der Waals surface area contributed by atoms with Gasteiger partial charge in [-0.15, -0.1) is 0 Å². The van der Waals surface area contributed by atoms with Gasteiger partial charge in [-0.05, 0) is 17.0 Å². The summed E-state index contributed by atoms with van der Waals surface area (Å²) in [5.41, 5.74) is 0.960. The van der Waals surface area contributed by atoms with Crippen molar-refractivity contribution in [2.45, 2.75) is 32.5 Å². The number of ether oxygens (including phenoxy) is 6. The fourth-order valence-corrected chi connectivity index (χ4v) is 2.50. The molecule has 30 heavy (non-hydrogen) atoms. The molecule has 0 saturated heterocycles. The van der Waals surface area contributed by atoms with Crippen LogP contribution in [-0.4, -0.2) is 89.2 Å². The summed E-state index contributed by atoms with van der Waals surface area (Å²) < 4.78 is 32.2. The molecular weight excluding hydrogens is 392 g/mol. The third-order valence-corrected chi connectivity index (χ3v) is 3.94. The Balaban J connectivity index is 1.96. The van der Waals surface area contributed by atoms with Gasteiger partial charge in [0.1, 0.15) is 12.4 Å². The molecule has 1 rings (SSSR count). The maximum absolute atomic E-state index is 10.1. The molecule has 174 valence electrons. The van der Waals surface area contributed by atoms with Gasteiger partial charge in [0.05, 0.1) is 66.1 Å². The molecule has 0 spiro atoms. The molecule has 1 aromatic carbocycles. The number of aliphatic hydroxyl groups excluding tert-OH is 2. The predicted octanol–water partition coefficient (Wildman–Crippen LogP) is 1.76. The highest BCUT2D eigenvalue weighted by atomic mass is 16.6. The first-order chi connectivity index (χ1) is 14.4. The third-order valence-electron chi connectivity index (χ3n) is 3.94. The number of hydrogen-bond donors (Lipinski definition) is 2. The number of rotatable bonds is 18. The van der Waals surface area contributed by atoms with Gasteiger partial charge in [0.15, 0.2) is 0 Å². The lowest BCUT2D eigenvalue weighted by molar-refractivity contribution is -0.0865. The van der Waals surface area contributed by atoms with Crippen molar-refractivity contribution in [2.75, 3.05) is 72.7 Å². The molecule has 0 heterocycles. The van der Waals surface area contributed by atoms with E-state index >= 15 is 0 Å². The normalized spacial score (nSPS) is 12.8. The summed E-state index contributed by atoms with van der Waals surface area (Å²) in [4.78, 5) is 0. The highest BCUT2D eigenvalue weighted by Gasteiger charge is 2.20. The molecule has 8 nitrogen and oxygen atoms in total. The smallest absolute Gasteiger partial charge is 0.221 e. The molecule has 0 fully saturated rings. The molecule has 0 radical (unpaired) electrons. The van der Waals surface area contributed by atoms with Crippen LogP contribution in [0.4, 0.5) is 0 Å². The van der Waals surface area contributed by atoms with Gasteiger partial charge in [-0.25, -0.2) is 0 Å². The minimum Gasteiger partial charge on any atom is -0.462 e. The van der Waals surface area contributed by atoms with Gasteiger partial charge in [-0.3, -0.25) is 0 Å². The van der Waals surface area contributed by atoms with Gasteiger partial charge in [-0.2, -0.15) is 0 Å². The highest BCUT2D eigenvalue weighted by molar-refractivity contribution is 5.38. The van der Waals surface area contributed by atoms with Crippen molar-refractivity contribution in [2.24, 2.45) is 0 Å². The fraction of sp³-hybridized carbons (Fsp3) is 0.727. The minimum atomic E-state index is -1.04. The lowest BCUT2D eigenvalue weighted by Crippen LogP contribution is -2.25. The van der Waals surface area contributed by atoms with Crippen molar-refractivity contribution >= 4 is 0 Å². The number of hydrogen-bond acceptors (Lipinski definition) is 8. The van der Waals surface area contributed by atoms with E-state index in [1.165, 1.54) is 0 Å². The summed E-state index contributed by atoms with van der Waals surface area (Å²) in [6.07, 6.45) is -1.04. The topological polar surface area (TPSA) is 95.8 Å².